The monoisotopic (exact) mass is 660 g/mol. The van der Waals surface area contributed by atoms with Crippen molar-refractivity contribution in [3.05, 3.63) is 24.2 Å². The lowest BCUT2D eigenvalue weighted by molar-refractivity contribution is -0.391. The van der Waals surface area contributed by atoms with E-state index >= 15 is 0 Å². The molecule has 3 N–H and O–H groups in total. The van der Waals surface area contributed by atoms with Crippen molar-refractivity contribution in [3.8, 4) is 0 Å². The number of carbonyl (C=O) groups excluding carboxylic acids is 4. The first-order chi connectivity index (χ1) is 21.9. The minimum absolute atomic E-state index is 0.0299. The van der Waals surface area contributed by atoms with Crippen LogP contribution in [0.15, 0.2) is 23.0 Å². The van der Waals surface area contributed by atoms with Crippen molar-refractivity contribution in [1.82, 2.24) is 0 Å². The highest BCUT2D eigenvalue weighted by Gasteiger charge is 2.92. The standard InChI is InChI=1S/C34H44O13/c1-14(2)28(41)46-29-30(5)19-11-20(37)32(7)24(33(19,13-43-29)26(40)23(44-15(3)35)27(30)45-16(4)36)22(38)25(39)31(6)18(17-8-9-42-12-17)10-21-34(31,32)47-21/h8-9,12,14,18-21,23-27,29,37,39-40H,10-11,13H2,1-7H3. The van der Waals surface area contributed by atoms with E-state index in [4.69, 9.17) is 28.1 Å². The topological polar surface area (TPSA) is 192 Å². The second-order valence-corrected chi connectivity index (χ2v) is 15.6. The van der Waals surface area contributed by atoms with Crippen molar-refractivity contribution >= 4 is 23.7 Å². The summed E-state index contributed by atoms with van der Waals surface area (Å²) in [6, 6.07) is 1.80. The van der Waals surface area contributed by atoms with Crippen LogP contribution in [0, 0.1) is 39.4 Å². The molecule has 0 amide bonds. The Labute approximate surface area is 272 Å². The highest BCUT2D eigenvalue weighted by molar-refractivity contribution is 5.91. The molecule has 15 unspecified atom stereocenters. The van der Waals surface area contributed by atoms with Crippen LogP contribution in [0.2, 0.25) is 0 Å². The summed E-state index contributed by atoms with van der Waals surface area (Å²) in [5, 5.41) is 37.1. The predicted molar refractivity (Wildman–Crippen MR) is 157 cm³/mol. The van der Waals surface area contributed by atoms with Crippen molar-refractivity contribution in [2.45, 2.75) is 116 Å². The van der Waals surface area contributed by atoms with Gasteiger partial charge in [0.05, 0.1) is 42.7 Å². The van der Waals surface area contributed by atoms with Crippen LogP contribution < -0.4 is 0 Å². The van der Waals surface area contributed by atoms with E-state index in [2.05, 4.69) is 0 Å². The molecular formula is C34H44O13. The van der Waals surface area contributed by atoms with Crippen molar-refractivity contribution < 1.29 is 62.6 Å². The normalized spacial score (nSPS) is 50.8. The summed E-state index contributed by atoms with van der Waals surface area (Å²) in [4.78, 5) is 53.1. The fraction of sp³-hybridized carbons (Fsp3) is 0.765. The fourth-order valence-electron chi connectivity index (χ4n) is 11.4. The maximum Gasteiger partial charge on any atom is 0.310 e. The van der Waals surface area contributed by atoms with Gasteiger partial charge in [-0.05, 0) is 37.3 Å². The number of hydrogen-bond donors (Lipinski definition) is 3. The minimum atomic E-state index is -1.66. The minimum Gasteiger partial charge on any atom is -0.472 e. The summed E-state index contributed by atoms with van der Waals surface area (Å²) >= 11 is 0. The second-order valence-electron chi connectivity index (χ2n) is 15.6. The van der Waals surface area contributed by atoms with Crippen molar-refractivity contribution in [1.29, 1.82) is 0 Å². The third-order valence-electron chi connectivity index (χ3n) is 13.3. The van der Waals surface area contributed by atoms with Gasteiger partial charge in [0.15, 0.2) is 18.0 Å². The van der Waals surface area contributed by atoms with Gasteiger partial charge < -0.3 is 43.4 Å². The van der Waals surface area contributed by atoms with E-state index in [1.165, 1.54) is 6.26 Å². The SMILES string of the molecule is CC(=O)OC1C(OC(C)=O)C2(C)C(OC(=O)C(C)C)OCC3(C1O)C2CC(O)C1(C)C3C(=O)C(O)C2(C)C(c3ccoc3)CC3OC321. The highest BCUT2D eigenvalue weighted by Crippen LogP contribution is 2.82. The third-order valence-corrected chi connectivity index (χ3v) is 13.3. The Morgan fingerprint density at radius 3 is 2.26 bits per heavy atom. The Bertz CT molecular complexity index is 1510. The number of aliphatic hydroxyl groups is 3. The number of hydrogen-bond acceptors (Lipinski definition) is 13. The largest absolute Gasteiger partial charge is 0.472 e. The molecule has 1 spiro atoms. The van der Waals surface area contributed by atoms with Gasteiger partial charge in [-0.25, -0.2) is 0 Å². The first kappa shape index (κ1) is 32.7. The molecule has 6 aliphatic rings. The van der Waals surface area contributed by atoms with Gasteiger partial charge in [-0.3, -0.25) is 19.2 Å². The van der Waals surface area contributed by atoms with Gasteiger partial charge in [0, 0.05) is 41.9 Å². The Kier molecular flexibility index (Phi) is 7.02. The molecule has 4 aliphatic carbocycles. The molecule has 7 rings (SSSR count). The molecule has 15 atom stereocenters. The fourth-order valence-corrected chi connectivity index (χ4v) is 11.4. The van der Waals surface area contributed by atoms with Crippen LogP contribution in [0.1, 0.15) is 72.8 Å². The molecule has 258 valence electrons. The summed E-state index contributed by atoms with van der Waals surface area (Å²) < 4.78 is 35.6. The van der Waals surface area contributed by atoms with Gasteiger partial charge in [0.1, 0.15) is 17.8 Å². The smallest absolute Gasteiger partial charge is 0.310 e. The molecule has 4 saturated carbocycles. The average molecular weight is 661 g/mol. The molecule has 2 aliphatic heterocycles. The van der Waals surface area contributed by atoms with E-state index in [9.17, 15) is 34.5 Å². The lowest BCUT2D eigenvalue weighted by atomic mass is 9.33. The molecule has 1 aromatic rings. The molecule has 47 heavy (non-hydrogen) atoms. The molecule has 2 saturated heterocycles. The maximum atomic E-state index is 15.0. The zero-order valence-corrected chi connectivity index (χ0v) is 27.6. The quantitative estimate of drug-likeness (QED) is 0.235. The molecule has 13 heteroatoms. The van der Waals surface area contributed by atoms with Crippen molar-refractivity contribution in [2.24, 2.45) is 39.4 Å². The Morgan fingerprint density at radius 2 is 1.66 bits per heavy atom. The van der Waals surface area contributed by atoms with Gasteiger partial charge in [-0.15, -0.1) is 0 Å². The maximum absolute atomic E-state index is 15.0. The Balaban J connectivity index is 1.43. The van der Waals surface area contributed by atoms with Gasteiger partial charge >= 0.3 is 17.9 Å². The number of esters is 3. The molecule has 0 aromatic carbocycles. The van der Waals surface area contributed by atoms with E-state index < -0.39 is 112 Å². The van der Waals surface area contributed by atoms with Gasteiger partial charge in [-0.1, -0.05) is 27.7 Å². The number of rotatable bonds is 5. The summed E-state index contributed by atoms with van der Waals surface area (Å²) in [7, 11) is 0. The zero-order valence-electron chi connectivity index (χ0n) is 27.6. The number of fused-ring (bicyclic) bond motifs is 1. The zero-order chi connectivity index (χ0) is 34.2. The molecule has 0 radical (unpaired) electrons. The molecule has 3 heterocycles. The number of ketones is 1. The molecule has 13 nitrogen and oxygen atoms in total. The molecule has 2 bridgehead atoms. The molecular weight excluding hydrogens is 616 g/mol. The highest BCUT2D eigenvalue weighted by atomic mass is 16.7. The summed E-state index contributed by atoms with van der Waals surface area (Å²) in [6.45, 7) is 10.5. The summed E-state index contributed by atoms with van der Waals surface area (Å²) in [6.07, 6.45) is -5.57. The molecule has 6 fully saturated rings. The molecule has 1 aromatic heterocycles. The van der Waals surface area contributed by atoms with Crippen molar-refractivity contribution in [3.63, 3.8) is 0 Å². The van der Waals surface area contributed by atoms with Gasteiger partial charge in [-0.2, -0.15) is 0 Å². The first-order valence-electron chi connectivity index (χ1n) is 16.4. The van der Waals surface area contributed by atoms with Gasteiger partial charge in [0.25, 0.3) is 0 Å². The van der Waals surface area contributed by atoms with E-state index in [1.807, 2.05) is 6.92 Å². The number of furan rings is 1. The van der Waals surface area contributed by atoms with Crippen molar-refractivity contribution in [2.75, 3.05) is 6.61 Å². The van der Waals surface area contributed by atoms with Crippen LogP contribution in [0.3, 0.4) is 0 Å². The van der Waals surface area contributed by atoms with Crippen LogP contribution in [0.4, 0.5) is 0 Å². The van der Waals surface area contributed by atoms with Crippen LogP contribution in [-0.4, -0.2) is 94.1 Å². The Hall–Kier alpha value is -2.84. The number of Topliss-reactive ketones (excluding diaryl/α,β-unsaturated/α-hetero) is 1. The van der Waals surface area contributed by atoms with Gasteiger partial charge in [0.2, 0.25) is 6.29 Å². The van der Waals surface area contributed by atoms with Crippen LogP contribution in [0.25, 0.3) is 0 Å². The van der Waals surface area contributed by atoms with Crippen LogP contribution >= 0.6 is 0 Å². The number of ether oxygens (including phenoxy) is 5. The summed E-state index contributed by atoms with van der Waals surface area (Å²) in [5.74, 6) is -5.77. The van der Waals surface area contributed by atoms with Crippen LogP contribution in [0.5, 0.6) is 0 Å². The predicted octanol–water partition coefficient (Wildman–Crippen LogP) is 1.64. The number of epoxide rings is 1. The van der Waals surface area contributed by atoms with E-state index in [0.717, 1.165) is 19.4 Å². The van der Waals surface area contributed by atoms with E-state index in [-0.39, 0.29) is 18.9 Å². The average Bonchev–Trinajstić information content (AvgIpc) is 3.35. The van der Waals surface area contributed by atoms with E-state index in [1.54, 1.807) is 40.0 Å². The number of aliphatic hydroxyl groups excluding tert-OH is 3. The number of carbonyl (C=O) groups is 4. The van der Waals surface area contributed by atoms with E-state index in [0.29, 0.717) is 6.42 Å². The Morgan fingerprint density at radius 1 is 0.979 bits per heavy atom. The first-order valence-corrected chi connectivity index (χ1v) is 16.4. The second kappa shape index (κ2) is 10.1. The lowest BCUT2D eigenvalue weighted by Crippen LogP contribution is -2.84. The third kappa shape index (κ3) is 3.67. The van der Waals surface area contributed by atoms with Crippen LogP contribution in [-0.2, 0) is 42.9 Å². The summed E-state index contributed by atoms with van der Waals surface area (Å²) in [5.41, 5.74) is -6.04. The lowest BCUT2D eigenvalue weighted by Gasteiger charge is -2.73.